The van der Waals surface area contributed by atoms with Crippen molar-refractivity contribution < 1.29 is 14.3 Å². The molecule has 34 heavy (non-hydrogen) atoms. The molecule has 0 bridgehead atoms. The lowest BCUT2D eigenvalue weighted by molar-refractivity contribution is -0.119. The monoisotopic (exact) mass is 451 g/mol. The van der Waals surface area contributed by atoms with Gasteiger partial charge in [0.25, 0.3) is 0 Å². The molecule has 4 nitrogen and oxygen atoms in total. The summed E-state index contributed by atoms with van der Waals surface area (Å²) in [5.74, 6) is 0.783. The summed E-state index contributed by atoms with van der Waals surface area (Å²) in [5.41, 5.74) is 6.96. The van der Waals surface area contributed by atoms with E-state index in [1.54, 1.807) is 4.90 Å². The maximum atomic E-state index is 13.4. The molecule has 4 heteroatoms. The van der Waals surface area contributed by atoms with Crippen LogP contribution < -0.4 is 9.64 Å². The zero-order chi connectivity index (χ0) is 23.7. The molecule has 2 aliphatic rings. The van der Waals surface area contributed by atoms with Crippen LogP contribution in [0.2, 0.25) is 0 Å². The quantitative estimate of drug-likeness (QED) is 0.450. The van der Waals surface area contributed by atoms with Gasteiger partial charge in [0.05, 0.1) is 5.69 Å². The maximum Gasteiger partial charge on any atom is 0.232 e. The molecule has 1 amide bonds. The molecule has 0 radical (unpaired) electrons. The van der Waals surface area contributed by atoms with Crippen molar-refractivity contribution in [2.24, 2.45) is 0 Å². The molecule has 1 aliphatic carbocycles. The predicted molar refractivity (Wildman–Crippen MR) is 134 cm³/mol. The van der Waals surface area contributed by atoms with Gasteiger partial charge >= 0.3 is 0 Å². The van der Waals surface area contributed by atoms with Crippen molar-refractivity contribution in [2.45, 2.75) is 52.1 Å². The number of rotatable bonds is 5. The van der Waals surface area contributed by atoms with Crippen LogP contribution in [0.25, 0.3) is 0 Å². The van der Waals surface area contributed by atoms with Crippen molar-refractivity contribution in [2.75, 3.05) is 4.90 Å². The second-order valence-corrected chi connectivity index (χ2v) is 9.19. The Hall–Kier alpha value is -3.66. The standard InChI is InChI=1S/C30H29NO3/c1-20-8-3-5-10-23(20)19-34-24-16-14-22(15-17-24)25-18-29(33)31(26-11-6-4-9-21(26)2)27-12-7-13-28(32)30(25)27/h3-6,8-11,14-17,25H,7,12-13,18-19H2,1-2H3. The van der Waals surface area contributed by atoms with Gasteiger partial charge in [-0.2, -0.15) is 0 Å². The fourth-order valence-electron chi connectivity index (χ4n) is 5.10. The summed E-state index contributed by atoms with van der Waals surface area (Å²) in [6, 6.07) is 24.0. The number of Topliss-reactive ketones (excluding diaryl/α,β-unsaturated/α-hetero) is 1. The molecule has 3 aromatic carbocycles. The van der Waals surface area contributed by atoms with Crippen LogP contribution in [0.15, 0.2) is 84.1 Å². The van der Waals surface area contributed by atoms with Crippen LogP contribution in [-0.4, -0.2) is 11.7 Å². The number of para-hydroxylation sites is 1. The normalized spacial score (nSPS) is 18.2. The molecule has 1 heterocycles. The van der Waals surface area contributed by atoms with Crippen LogP contribution >= 0.6 is 0 Å². The van der Waals surface area contributed by atoms with Gasteiger partial charge in [-0.15, -0.1) is 0 Å². The molecule has 0 N–H and O–H groups in total. The van der Waals surface area contributed by atoms with Crippen LogP contribution in [0, 0.1) is 13.8 Å². The van der Waals surface area contributed by atoms with E-state index in [1.165, 1.54) is 5.56 Å². The molecule has 1 aliphatic heterocycles. The smallest absolute Gasteiger partial charge is 0.232 e. The summed E-state index contributed by atoms with van der Waals surface area (Å²) in [6.07, 6.45) is 2.37. The van der Waals surface area contributed by atoms with Gasteiger partial charge in [0.2, 0.25) is 5.91 Å². The number of nitrogens with zero attached hydrogens (tertiary/aromatic N) is 1. The summed E-state index contributed by atoms with van der Waals surface area (Å²) in [7, 11) is 0. The average molecular weight is 452 g/mol. The van der Waals surface area contributed by atoms with Crippen LogP contribution in [0.3, 0.4) is 0 Å². The van der Waals surface area contributed by atoms with Crippen molar-refractivity contribution in [3.63, 3.8) is 0 Å². The fourth-order valence-corrected chi connectivity index (χ4v) is 5.10. The second-order valence-electron chi connectivity index (χ2n) is 9.19. The summed E-state index contributed by atoms with van der Waals surface area (Å²) in [5, 5.41) is 0. The highest BCUT2D eigenvalue weighted by Gasteiger charge is 2.39. The number of amides is 1. The molecule has 0 saturated carbocycles. The Morgan fingerprint density at radius 3 is 2.29 bits per heavy atom. The first kappa shape index (κ1) is 22.1. The van der Waals surface area contributed by atoms with Crippen molar-refractivity contribution in [1.82, 2.24) is 0 Å². The Morgan fingerprint density at radius 2 is 1.56 bits per heavy atom. The number of benzene rings is 3. The van der Waals surface area contributed by atoms with E-state index >= 15 is 0 Å². The lowest BCUT2D eigenvalue weighted by atomic mass is 9.77. The molecule has 0 spiro atoms. The minimum absolute atomic E-state index is 0.0487. The Bertz CT molecular complexity index is 1270. The number of hydrogen-bond donors (Lipinski definition) is 0. The molecule has 1 atom stereocenters. The Morgan fingerprint density at radius 1 is 0.853 bits per heavy atom. The highest BCUT2D eigenvalue weighted by atomic mass is 16.5. The van der Waals surface area contributed by atoms with E-state index in [4.69, 9.17) is 4.74 Å². The van der Waals surface area contributed by atoms with Gasteiger partial charge in [0.1, 0.15) is 12.4 Å². The molecule has 1 unspecified atom stereocenters. The van der Waals surface area contributed by atoms with Gasteiger partial charge in [-0.05, 0) is 67.1 Å². The SMILES string of the molecule is Cc1ccccc1COc1ccc(C2CC(=O)N(c3ccccc3C)C3=C2C(=O)CCC3)cc1. The Balaban J connectivity index is 1.44. The van der Waals surface area contributed by atoms with Crippen LogP contribution in [0.4, 0.5) is 5.69 Å². The van der Waals surface area contributed by atoms with Gasteiger partial charge in [0.15, 0.2) is 5.78 Å². The molecule has 0 saturated heterocycles. The topological polar surface area (TPSA) is 46.6 Å². The lowest BCUT2D eigenvalue weighted by Gasteiger charge is -2.39. The fraction of sp³-hybridized carbons (Fsp3) is 0.267. The first-order valence-corrected chi connectivity index (χ1v) is 11.9. The van der Waals surface area contributed by atoms with Gasteiger partial charge in [-0.1, -0.05) is 54.6 Å². The molecule has 0 fully saturated rings. The second kappa shape index (κ2) is 9.30. The highest BCUT2D eigenvalue weighted by Crippen LogP contribution is 2.44. The molecule has 5 rings (SSSR count). The van der Waals surface area contributed by atoms with E-state index in [9.17, 15) is 9.59 Å². The Labute approximate surface area is 200 Å². The summed E-state index contributed by atoms with van der Waals surface area (Å²) < 4.78 is 6.00. The number of ketones is 1. The zero-order valence-corrected chi connectivity index (χ0v) is 19.7. The van der Waals surface area contributed by atoms with Crippen molar-refractivity contribution in [3.8, 4) is 5.75 Å². The Kier molecular flexibility index (Phi) is 6.06. The molecular formula is C30H29NO3. The number of carbonyl (C=O) groups is 2. The van der Waals surface area contributed by atoms with E-state index in [0.717, 1.165) is 52.2 Å². The predicted octanol–water partition coefficient (Wildman–Crippen LogP) is 6.41. The summed E-state index contributed by atoms with van der Waals surface area (Å²) >= 11 is 0. The number of allylic oxidation sites excluding steroid dienone is 2. The van der Waals surface area contributed by atoms with Crippen molar-refractivity contribution in [3.05, 3.63) is 106 Å². The number of aryl methyl sites for hydroxylation is 2. The maximum absolute atomic E-state index is 13.4. The number of anilines is 1. The van der Waals surface area contributed by atoms with Crippen LogP contribution in [0.5, 0.6) is 5.75 Å². The van der Waals surface area contributed by atoms with Crippen molar-refractivity contribution >= 4 is 17.4 Å². The number of carbonyl (C=O) groups excluding carboxylic acids is 2. The minimum atomic E-state index is -0.207. The van der Waals surface area contributed by atoms with Crippen LogP contribution in [-0.2, 0) is 16.2 Å². The third-order valence-electron chi connectivity index (χ3n) is 6.97. The van der Waals surface area contributed by atoms with E-state index < -0.39 is 0 Å². The summed E-state index contributed by atoms with van der Waals surface area (Å²) in [4.78, 5) is 28.3. The first-order chi connectivity index (χ1) is 16.5. The number of ether oxygens (including phenoxy) is 1. The molecule has 172 valence electrons. The van der Waals surface area contributed by atoms with E-state index in [0.29, 0.717) is 19.4 Å². The molecule has 0 aromatic heterocycles. The van der Waals surface area contributed by atoms with Gasteiger partial charge in [-0.3, -0.25) is 14.5 Å². The lowest BCUT2D eigenvalue weighted by Crippen LogP contribution is -2.40. The average Bonchev–Trinajstić information content (AvgIpc) is 2.84. The van der Waals surface area contributed by atoms with Gasteiger partial charge < -0.3 is 4.74 Å². The van der Waals surface area contributed by atoms with E-state index in [2.05, 4.69) is 19.1 Å². The zero-order valence-electron chi connectivity index (χ0n) is 19.7. The first-order valence-electron chi connectivity index (χ1n) is 11.9. The van der Waals surface area contributed by atoms with Crippen molar-refractivity contribution in [1.29, 1.82) is 0 Å². The third kappa shape index (κ3) is 4.16. The van der Waals surface area contributed by atoms with E-state index in [1.807, 2.05) is 67.6 Å². The third-order valence-corrected chi connectivity index (χ3v) is 6.97. The summed E-state index contributed by atoms with van der Waals surface area (Å²) in [6.45, 7) is 4.59. The van der Waals surface area contributed by atoms with Crippen LogP contribution in [0.1, 0.15) is 53.9 Å². The largest absolute Gasteiger partial charge is 0.489 e. The van der Waals surface area contributed by atoms with Gasteiger partial charge in [-0.25, -0.2) is 0 Å². The number of hydrogen-bond acceptors (Lipinski definition) is 3. The van der Waals surface area contributed by atoms with Gasteiger partial charge in [0, 0.05) is 30.0 Å². The highest BCUT2D eigenvalue weighted by molar-refractivity contribution is 6.07. The van der Waals surface area contributed by atoms with E-state index in [-0.39, 0.29) is 17.6 Å². The molecule has 3 aromatic rings. The molecular weight excluding hydrogens is 422 g/mol. The minimum Gasteiger partial charge on any atom is -0.489 e.